The number of alkyl carbamates (subject to hydrolysis) is 1. The van der Waals surface area contributed by atoms with Crippen LogP contribution in [0.25, 0.3) is 0 Å². The van der Waals surface area contributed by atoms with E-state index in [1.165, 1.54) is 0 Å². The second kappa shape index (κ2) is 8.46. The fourth-order valence-electron chi connectivity index (χ4n) is 1.68. The average Bonchev–Trinajstić information content (AvgIpc) is 2.41. The van der Waals surface area contributed by atoms with Gasteiger partial charge in [-0.3, -0.25) is 0 Å². The number of nitrogens with zero attached hydrogens (tertiary/aromatic N) is 1. The van der Waals surface area contributed by atoms with Gasteiger partial charge in [-0.1, -0.05) is 6.07 Å². The van der Waals surface area contributed by atoms with E-state index in [0.717, 1.165) is 18.5 Å². The third-order valence-corrected chi connectivity index (χ3v) is 2.56. The monoisotopic (exact) mass is 295 g/mol. The molecule has 0 fully saturated rings. The normalized spacial score (nSPS) is 11.0. The zero-order valence-corrected chi connectivity index (χ0v) is 13.2. The highest BCUT2D eigenvalue weighted by atomic mass is 16.6. The van der Waals surface area contributed by atoms with Crippen molar-refractivity contribution in [3.63, 3.8) is 0 Å². The number of carbonyl (C=O) groups is 1. The molecule has 21 heavy (non-hydrogen) atoms. The summed E-state index contributed by atoms with van der Waals surface area (Å²) in [7, 11) is 1.61. The molecule has 1 aromatic heterocycles. The Morgan fingerprint density at radius 2 is 2.10 bits per heavy atom. The number of hydrogen-bond donors (Lipinski definition) is 2. The van der Waals surface area contributed by atoms with Gasteiger partial charge in [0.2, 0.25) is 5.88 Å². The van der Waals surface area contributed by atoms with Crippen LogP contribution in [0.2, 0.25) is 0 Å². The van der Waals surface area contributed by atoms with E-state index in [2.05, 4.69) is 15.6 Å². The fourth-order valence-corrected chi connectivity index (χ4v) is 1.68. The summed E-state index contributed by atoms with van der Waals surface area (Å²) in [5.41, 5.74) is 0.555. The van der Waals surface area contributed by atoms with Crippen LogP contribution in [0.3, 0.4) is 0 Å². The summed E-state index contributed by atoms with van der Waals surface area (Å²) >= 11 is 0. The zero-order valence-electron chi connectivity index (χ0n) is 13.2. The van der Waals surface area contributed by atoms with Gasteiger partial charge in [-0.05, 0) is 39.8 Å². The summed E-state index contributed by atoms with van der Waals surface area (Å²) in [6.07, 6.45) is 2.14. The van der Waals surface area contributed by atoms with Gasteiger partial charge >= 0.3 is 6.09 Å². The molecule has 0 saturated carbocycles. The summed E-state index contributed by atoms with van der Waals surface area (Å²) in [6, 6.07) is 3.85. The van der Waals surface area contributed by atoms with E-state index < -0.39 is 5.60 Å². The number of amides is 1. The van der Waals surface area contributed by atoms with Crippen LogP contribution >= 0.6 is 0 Å². The number of carbonyl (C=O) groups excluding carboxylic acids is 1. The number of hydrogen-bond acceptors (Lipinski definition) is 5. The van der Waals surface area contributed by atoms with Crippen LogP contribution in [0.5, 0.6) is 5.88 Å². The van der Waals surface area contributed by atoms with E-state index >= 15 is 0 Å². The molecule has 0 radical (unpaired) electrons. The predicted octanol–water partition coefficient (Wildman–Crippen LogP) is 2.09. The van der Waals surface area contributed by atoms with Crippen LogP contribution in [-0.2, 0) is 11.3 Å². The molecular weight excluding hydrogens is 270 g/mol. The number of nitrogens with one attached hydrogen (secondary N) is 2. The quantitative estimate of drug-likeness (QED) is 0.754. The molecule has 6 heteroatoms. The average molecular weight is 295 g/mol. The number of ether oxygens (including phenoxy) is 2. The Kier molecular flexibility index (Phi) is 6.94. The minimum atomic E-state index is -0.459. The second-order valence-corrected chi connectivity index (χ2v) is 5.63. The molecule has 1 heterocycles. The van der Waals surface area contributed by atoms with Gasteiger partial charge in [0.25, 0.3) is 0 Å². The Bertz CT molecular complexity index is 444. The maximum atomic E-state index is 11.4. The van der Waals surface area contributed by atoms with Crippen molar-refractivity contribution in [2.75, 3.05) is 20.2 Å². The van der Waals surface area contributed by atoms with Crippen LogP contribution in [0.4, 0.5) is 4.79 Å². The van der Waals surface area contributed by atoms with Crippen molar-refractivity contribution < 1.29 is 14.3 Å². The Hall–Kier alpha value is -1.82. The van der Waals surface area contributed by atoms with Crippen LogP contribution in [0, 0.1) is 0 Å². The van der Waals surface area contributed by atoms with Gasteiger partial charge in [0, 0.05) is 24.8 Å². The lowest BCUT2D eigenvalue weighted by Crippen LogP contribution is -2.33. The summed E-state index contributed by atoms with van der Waals surface area (Å²) < 4.78 is 10.3. The molecule has 0 atom stereocenters. The molecule has 2 N–H and O–H groups in total. The van der Waals surface area contributed by atoms with Gasteiger partial charge in [0.15, 0.2) is 0 Å². The van der Waals surface area contributed by atoms with E-state index in [-0.39, 0.29) is 6.09 Å². The van der Waals surface area contributed by atoms with Gasteiger partial charge in [-0.2, -0.15) is 0 Å². The first-order valence-electron chi connectivity index (χ1n) is 7.08. The number of pyridine rings is 1. The lowest BCUT2D eigenvalue weighted by atomic mass is 10.2. The van der Waals surface area contributed by atoms with Crippen LogP contribution in [-0.4, -0.2) is 36.9 Å². The predicted molar refractivity (Wildman–Crippen MR) is 81.3 cm³/mol. The van der Waals surface area contributed by atoms with Crippen molar-refractivity contribution in [2.45, 2.75) is 39.3 Å². The summed E-state index contributed by atoms with van der Waals surface area (Å²) in [6.45, 7) is 7.57. The van der Waals surface area contributed by atoms with Gasteiger partial charge < -0.3 is 20.1 Å². The van der Waals surface area contributed by atoms with E-state index in [9.17, 15) is 4.79 Å². The molecule has 0 spiro atoms. The molecule has 0 aromatic carbocycles. The Morgan fingerprint density at radius 3 is 2.76 bits per heavy atom. The summed E-state index contributed by atoms with van der Waals surface area (Å²) in [5, 5.41) is 6.01. The molecule has 0 saturated heterocycles. The van der Waals surface area contributed by atoms with Crippen LogP contribution < -0.4 is 15.4 Å². The summed E-state index contributed by atoms with van der Waals surface area (Å²) in [4.78, 5) is 15.6. The second-order valence-electron chi connectivity index (χ2n) is 5.63. The van der Waals surface area contributed by atoms with Crippen molar-refractivity contribution in [3.05, 3.63) is 23.9 Å². The molecule has 118 valence electrons. The molecule has 1 amide bonds. The van der Waals surface area contributed by atoms with E-state index in [1.54, 1.807) is 13.3 Å². The first-order valence-corrected chi connectivity index (χ1v) is 7.08. The standard InChI is InChI=1S/C15H25N3O3/c1-15(2,3)21-14(19)18-10-6-8-16-11-12-7-5-9-17-13(12)20-4/h5,7,9,16H,6,8,10-11H2,1-4H3,(H,18,19). The molecule has 0 aliphatic rings. The van der Waals surface area contributed by atoms with Crippen molar-refractivity contribution in [2.24, 2.45) is 0 Å². The number of methoxy groups -OCH3 is 1. The first kappa shape index (κ1) is 17.2. The van der Waals surface area contributed by atoms with Crippen molar-refractivity contribution in [1.29, 1.82) is 0 Å². The molecule has 1 rings (SSSR count). The Morgan fingerprint density at radius 1 is 1.33 bits per heavy atom. The summed E-state index contributed by atoms with van der Waals surface area (Å²) in [5.74, 6) is 0.636. The minimum absolute atomic E-state index is 0.378. The lowest BCUT2D eigenvalue weighted by molar-refractivity contribution is 0.0527. The van der Waals surface area contributed by atoms with E-state index in [0.29, 0.717) is 19.0 Å². The van der Waals surface area contributed by atoms with Crippen molar-refractivity contribution in [3.8, 4) is 5.88 Å². The maximum Gasteiger partial charge on any atom is 0.407 e. The highest BCUT2D eigenvalue weighted by molar-refractivity contribution is 5.67. The van der Waals surface area contributed by atoms with Gasteiger partial charge in [0.05, 0.1) is 7.11 Å². The number of aromatic nitrogens is 1. The molecule has 0 bridgehead atoms. The van der Waals surface area contributed by atoms with Crippen molar-refractivity contribution >= 4 is 6.09 Å². The van der Waals surface area contributed by atoms with Crippen molar-refractivity contribution in [1.82, 2.24) is 15.6 Å². The highest BCUT2D eigenvalue weighted by Gasteiger charge is 2.15. The minimum Gasteiger partial charge on any atom is -0.481 e. The molecular formula is C15H25N3O3. The maximum absolute atomic E-state index is 11.4. The van der Waals surface area contributed by atoms with Gasteiger partial charge in [-0.25, -0.2) is 9.78 Å². The largest absolute Gasteiger partial charge is 0.481 e. The van der Waals surface area contributed by atoms with Crippen LogP contribution in [0.1, 0.15) is 32.8 Å². The Labute approximate surface area is 126 Å². The third kappa shape index (κ3) is 7.51. The highest BCUT2D eigenvalue weighted by Crippen LogP contribution is 2.12. The SMILES string of the molecule is COc1ncccc1CNCCCNC(=O)OC(C)(C)C. The van der Waals surface area contributed by atoms with E-state index in [4.69, 9.17) is 9.47 Å². The van der Waals surface area contributed by atoms with Gasteiger partial charge in [-0.15, -0.1) is 0 Å². The molecule has 1 aromatic rings. The molecule has 0 aliphatic carbocycles. The topological polar surface area (TPSA) is 72.5 Å². The molecule has 6 nitrogen and oxygen atoms in total. The number of rotatable bonds is 7. The van der Waals surface area contributed by atoms with Crippen LogP contribution in [0.15, 0.2) is 18.3 Å². The third-order valence-electron chi connectivity index (χ3n) is 2.56. The lowest BCUT2D eigenvalue weighted by Gasteiger charge is -2.19. The Balaban J connectivity index is 2.14. The smallest absolute Gasteiger partial charge is 0.407 e. The van der Waals surface area contributed by atoms with Gasteiger partial charge in [0.1, 0.15) is 5.60 Å². The first-order chi connectivity index (χ1) is 9.92. The fraction of sp³-hybridized carbons (Fsp3) is 0.600. The van der Waals surface area contributed by atoms with E-state index in [1.807, 2.05) is 32.9 Å². The zero-order chi connectivity index (χ0) is 15.7. The molecule has 0 aliphatic heterocycles. The molecule has 0 unspecified atom stereocenters.